The molecule has 0 aromatic heterocycles. The second-order valence-electron chi connectivity index (χ2n) is 8.19. The lowest BCUT2D eigenvalue weighted by atomic mass is 9.88. The summed E-state index contributed by atoms with van der Waals surface area (Å²) in [5.74, 6) is 7.00. The largest absolute Gasteiger partial charge is 0.0995 e. The fourth-order valence-corrected chi connectivity index (χ4v) is 4.07. The third-order valence-corrected chi connectivity index (χ3v) is 5.88. The van der Waals surface area contributed by atoms with Crippen LogP contribution < -0.4 is 0 Å². The molecule has 3 aromatic rings. The van der Waals surface area contributed by atoms with E-state index in [4.69, 9.17) is 0 Å². The number of allylic oxidation sites excluding steroid dienone is 5. The van der Waals surface area contributed by atoms with Crippen molar-refractivity contribution in [2.75, 3.05) is 0 Å². The van der Waals surface area contributed by atoms with Crippen LogP contribution in [0.4, 0.5) is 0 Å². The van der Waals surface area contributed by atoms with Crippen LogP contribution in [0.2, 0.25) is 0 Å². The molecule has 0 spiro atoms. The van der Waals surface area contributed by atoms with E-state index >= 15 is 0 Å². The molecule has 1 aliphatic carbocycles. The Hall–Kier alpha value is -3.56. The molecule has 0 nitrogen and oxygen atoms in total. The summed E-state index contributed by atoms with van der Waals surface area (Å²) in [5, 5.41) is 0. The van der Waals surface area contributed by atoms with Gasteiger partial charge in [-0.1, -0.05) is 109 Å². The second-order valence-corrected chi connectivity index (χ2v) is 8.19. The zero-order valence-electron chi connectivity index (χ0n) is 18.1. The van der Waals surface area contributed by atoms with Crippen molar-refractivity contribution in [2.45, 2.75) is 26.2 Å². The van der Waals surface area contributed by atoms with Crippen LogP contribution in [-0.4, -0.2) is 0 Å². The van der Waals surface area contributed by atoms with Crippen molar-refractivity contribution in [3.05, 3.63) is 137 Å². The van der Waals surface area contributed by atoms with Gasteiger partial charge in [0.2, 0.25) is 0 Å². The molecule has 1 unspecified atom stereocenters. The van der Waals surface area contributed by atoms with Crippen LogP contribution in [0.25, 0.3) is 5.57 Å². The first-order valence-corrected chi connectivity index (χ1v) is 11.0. The van der Waals surface area contributed by atoms with Crippen molar-refractivity contribution in [3.8, 4) is 11.8 Å². The molecule has 3 aromatic carbocycles. The van der Waals surface area contributed by atoms with Gasteiger partial charge in [-0.3, -0.25) is 0 Å². The summed E-state index contributed by atoms with van der Waals surface area (Å²) in [6.07, 6.45) is 7.65. The zero-order chi connectivity index (χ0) is 21.5. The molecule has 0 bridgehead atoms. The molecule has 1 atom stereocenters. The lowest BCUT2D eigenvalue weighted by Gasteiger charge is -2.16. The minimum Gasteiger partial charge on any atom is -0.0995 e. The normalized spacial score (nSPS) is 14.9. The molecule has 31 heavy (non-hydrogen) atoms. The van der Waals surface area contributed by atoms with E-state index in [0.717, 1.165) is 30.4 Å². The first-order valence-electron chi connectivity index (χ1n) is 11.0. The van der Waals surface area contributed by atoms with Crippen LogP contribution in [0.1, 0.15) is 42.0 Å². The van der Waals surface area contributed by atoms with Gasteiger partial charge < -0.3 is 0 Å². The van der Waals surface area contributed by atoms with Gasteiger partial charge in [-0.15, -0.1) is 0 Å². The van der Waals surface area contributed by atoms with Crippen LogP contribution in [0.3, 0.4) is 0 Å². The molecule has 0 amide bonds. The lowest BCUT2D eigenvalue weighted by molar-refractivity contribution is 0.786. The molecule has 4 rings (SSSR count). The standard InChI is InChI=1S/C31H28/c1-24(22-27-12-7-4-8-13-27)16-19-29-20-21-31(25(29)2)30-15-9-14-28(23-30)18-17-26-10-5-3-6-11-26/h3-15,20-21,23,25H,1,16,19,22H2,2H3. The summed E-state index contributed by atoms with van der Waals surface area (Å²) in [4.78, 5) is 0. The molecule has 0 heterocycles. The van der Waals surface area contributed by atoms with Gasteiger partial charge in [0.25, 0.3) is 0 Å². The predicted molar refractivity (Wildman–Crippen MR) is 133 cm³/mol. The highest BCUT2D eigenvalue weighted by molar-refractivity contribution is 5.75. The highest BCUT2D eigenvalue weighted by Gasteiger charge is 2.19. The van der Waals surface area contributed by atoms with Gasteiger partial charge in [0.15, 0.2) is 0 Å². The van der Waals surface area contributed by atoms with Gasteiger partial charge in [-0.2, -0.15) is 0 Å². The van der Waals surface area contributed by atoms with E-state index in [0.29, 0.717) is 5.92 Å². The zero-order valence-corrected chi connectivity index (χ0v) is 18.1. The molecule has 0 radical (unpaired) electrons. The Morgan fingerprint density at radius 3 is 2.26 bits per heavy atom. The number of rotatable bonds is 6. The molecule has 0 saturated heterocycles. The first kappa shape index (κ1) is 20.7. The van der Waals surface area contributed by atoms with Crippen LogP contribution in [0.15, 0.2) is 115 Å². The summed E-state index contributed by atoms with van der Waals surface area (Å²) in [6, 6.07) is 29.3. The van der Waals surface area contributed by atoms with E-state index in [9.17, 15) is 0 Å². The summed E-state index contributed by atoms with van der Waals surface area (Å²) in [6.45, 7) is 6.62. The lowest BCUT2D eigenvalue weighted by Crippen LogP contribution is -2.00. The van der Waals surface area contributed by atoms with Gasteiger partial charge in [0.05, 0.1) is 0 Å². The quantitative estimate of drug-likeness (QED) is 0.295. The second kappa shape index (κ2) is 9.96. The van der Waals surface area contributed by atoms with E-state index in [2.05, 4.69) is 92.1 Å². The van der Waals surface area contributed by atoms with Crippen molar-refractivity contribution in [2.24, 2.45) is 5.92 Å². The van der Waals surface area contributed by atoms with E-state index in [1.165, 1.54) is 27.8 Å². The number of benzene rings is 3. The fourth-order valence-electron chi connectivity index (χ4n) is 4.07. The minimum atomic E-state index is 0.432. The molecule has 0 N–H and O–H groups in total. The van der Waals surface area contributed by atoms with Gasteiger partial charge >= 0.3 is 0 Å². The Labute approximate surface area is 186 Å². The van der Waals surface area contributed by atoms with Gasteiger partial charge in [0, 0.05) is 17.0 Å². The highest BCUT2D eigenvalue weighted by Crippen LogP contribution is 2.37. The first-order chi connectivity index (χ1) is 15.2. The van der Waals surface area contributed by atoms with E-state index in [1.54, 1.807) is 0 Å². The third-order valence-electron chi connectivity index (χ3n) is 5.88. The molecule has 0 fully saturated rings. The average Bonchev–Trinajstić information content (AvgIpc) is 3.18. The Morgan fingerprint density at radius 2 is 1.48 bits per heavy atom. The van der Waals surface area contributed by atoms with E-state index < -0.39 is 0 Å². The SMILES string of the molecule is C=C(CCC1=CC=C(c2cccc(C#Cc3ccccc3)c2)C1C)Cc1ccccc1. The van der Waals surface area contributed by atoms with Crippen LogP contribution in [0.5, 0.6) is 0 Å². The van der Waals surface area contributed by atoms with Gasteiger partial charge in [-0.25, -0.2) is 0 Å². The maximum Gasteiger partial charge on any atom is 0.0255 e. The molecular weight excluding hydrogens is 372 g/mol. The molecular formula is C31H28. The minimum absolute atomic E-state index is 0.432. The van der Waals surface area contributed by atoms with Crippen molar-refractivity contribution in [3.63, 3.8) is 0 Å². The average molecular weight is 401 g/mol. The molecule has 0 heteroatoms. The highest BCUT2D eigenvalue weighted by atomic mass is 14.2. The molecule has 0 aliphatic heterocycles. The molecule has 0 saturated carbocycles. The van der Waals surface area contributed by atoms with Crippen molar-refractivity contribution in [1.82, 2.24) is 0 Å². The van der Waals surface area contributed by atoms with Crippen molar-refractivity contribution < 1.29 is 0 Å². The van der Waals surface area contributed by atoms with Gasteiger partial charge in [-0.05, 0) is 60.2 Å². The van der Waals surface area contributed by atoms with Crippen LogP contribution in [0, 0.1) is 17.8 Å². The van der Waals surface area contributed by atoms with Crippen LogP contribution >= 0.6 is 0 Å². The maximum atomic E-state index is 4.31. The Balaban J connectivity index is 1.37. The Kier molecular flexibility index (Phi) is 6.65. The van der Waals surface area contributed by atoms with E-state index in [-0.39, 0.29) is 0 Å². The smallest absolute Gasteiger partial charge is 0.0255 e. The Morgan fingerprint density at radius 1 is 0.806 bits per heavy atom. The maximum absolute atomic E-state index is 4.31. The van der Waals surface area contributed by atoms with Crippen molar-refractivity contribution in [1.29, 1.82) is 0 Å². The monoisotopic (exact) mass is 400 g/mol. The van der Waals surface area contributed by atoms with Crippen molar-refractivity contribution >= 4 is 5.57 Å². The predicted octanol–water partition coefficient (Wildman–Crippen LogP) is 7.63. The molecule has 152 valence electrons. The van der Waals surface area contributed by atoms with Crippen LogP contribution in [-0.2, 0) is 6.42 Å². The summed E-state index contributed by atoms with van der Waals surface area (Å²) in [5.41, 5.74) is 8.87. The Bertz CT molecular complexity index is 1160. The fraction of sp³-hybridized carbons (Fsp3) is 0.161. The third kappa shape index (κ3) is 5.53. The summed E-state index contributed by atoms with van der Waals surface area (Å²) >= 11 is 0. The molecule has 1 aliphatic rings. The van der Waals surface area contributed by atoms with Gasteiger partial charge in [0.1, 0.15) is 0 Å². The summed E-state index contributed by atoms with van der Waals surface area (Å²) < 4.78 is 0. The number of hydrogen-bond donors (Lipinski definition) is 0. The number of hydrogen-bond acceptors (Lipinski definition) is 0. The summed E-state index contributed by atoms with van der Waals surface area (Å²) in [7, 11) is 0. The topological polar surface area (TPSA) is 0 Å². The van der Waals surface area contributed by atoms with E-state index in [1.807, 2.05) is 30.3 Å².